The Bertz CT molecular complexity index is 583. The van der Waals surface area contributed by atoms with Gasteiger partial charge in [0.05, 0.1) is 12.3 Å². The number of ether oxygens (including phenoxy) is 1. The largest absolute Gasteiger partial charge is 0.492 e. The first-order valence-electron chi connectivity index (χ1n) is 6.28. The summed E-state index contributed by atoms with van der Waals surface area (Å²) in [6.07, 6.45) is 0. The molecule has 0 amide bonds. The van der Waals surface area contributed by atoms with Gasteiger partial charge >= 0.3 is 0 Å². The van der Waals surface area contributed by atoms with Crippen LogP contribution in [0.2, 0.25) is 0 Å². The van der Waals surface area contributed by atoms with Gasteiger partial charge in [-0.2, -0.15) is 0 Å². The highest BCUT2D eigenvalue weighted by molar-refractivity contribution is 8.01. The maximum atomic E-state index is 5.57. The zero-order valence-electron chi connectivity index (χ0n) is 11.5. The predicted molar refractivity (Wildman–Crippen MR) is 86.3 cm³/mol. The monoisotopic (exact) mass is 307 g/mol. The molecule has 0 bridgehead atoms. The molecule has 1 heterocycles. The number of anilines is 2. The van der Waals surface area contributed by atoms with E-state index in [4.69, 9.17) is 4.74 Å². The first kappa shape index (κ1) is 14.9. The van der Waals surface area contributed by atoms with E-state index in [1.54, 1.807) is 11.8 Å². The molecule has 0 saturated heterocycles. The summed E-state index contributed by atoms with van der Waals surface area (Å²) >= 11 is 3.18. The van der Waals surface area contributed by atoms with Crippen molar-refractivity contribution in [1.82, 2.24) is 10.2 Å². The number of nitrogens with one attached hydrogen (secondary N) is 1. The first-order chi connectivity index (χ1) is 9.69. The molecule has 0 saturated carbocycles. The van der Waals surface area contributed by atoms with Gasteiger partial charge in [-0.3, -0.25) is 0 Å². The van der Waals surface area contributed by atoms with Crippen LogP contribution in [0.5, 0.6) is 5.75 Å². The number of hydrogen-bond acceptors (Lipinski definition) is 6. The Kier molecular flexibility index (Phi) is 5.43. The molecular weight excluding hydrogens is 290 g/mol. The zero-order valence-corrected chi connectivity index (χ0v) is 13.2. The Morgan fingerprint density at radius 1 is 1.40 bits per heavy atom. The van der Waals surface area contributed by atoms with Crippen molar-refractivity contribution in [3.05, 3.63) is 36.4 Å². The molecule has 4 nitrogen and oxygen atoms in total. The Balaban J connectivity index is 2.05. The van der Waals surface area contributed by atoms with Crippen molar-refractivity contribution < 1.29 is 4.74 Å². The van der Waals surface area contributed by atoms with E-state index in [9.17, 15) is 0 Å². The maximum absolute atomic E-state index is 5.57. The summed E-state index contributed by atoms with van der Waals surface area (Å²) in [4.78, 5) is 0. The number of para-hydroxylation sites is 2. The lowest BCUT2D eigenvalue weighted by Crippen LogP contribution is -1.97. The van der Waals surface area contributed by atoms with Gasteiger partial charge in [0.1, 0.15) is 5.75 Å². The highest BCUT2D eigenvalue weighted by Gasteiger charge is 2.08. The second-order valence-electron chi connectivity index (χ2n) is 4.17. The van der Waals surface area contributed by atoms with Crippen LogP contribution in [0, 0.1) is 0 Å². The van der Waals surface area contributed by atoms with Crippen LogP contribution in [0.4, 0.5) is 10.8 Å². The summed E-state index contributed by atoms with van der Waals surface area (Å²) in [6, 6.07) is 7.81. The van der Waals surface area contributed by atoms with Crippen LogP contribution in [0.1, 0.15) is 13.8 Å². The molecule has 0 fully saturated rings. The smallest absolute Gasteiger partial charge is 0.210 e. The van der Waals surface area contributed by atoms with Crippen molar-refractivity contribution in [2.45, 2.75) is 18.2 Å². The zero-order chi connectivity index (χ0) is 14.4. The molecule has 1 N–H and O–H groups in total. The lowest BCUT2D eigenvalue weighted by atomic mass is 10.3. The maximum Gasteiger partial charge on any atom is 0.210 e. The number of nitrogens with zero attached hydrogens (tertiary/aromatic N) is 2. The van der Waals surface area contributed by atoms with E-state index in [2.05, 4.69) is 22.1 Å². The van der Waals surface area contributed by atoms with Crippen molar-refractivity contribution in [3.63, 3.8) is 0 Å². The van der Waals surface area contributed by atoms with Crippen LogP contribution < -0.4 is 10.1 Å². The van der Waals surface area contributed by atoms with E-state index in [-0.39, 0.29) is 0 Å². The van der Waals surface area contributed by atoms with Gasteiger partial charge in [0.25, 0.3) is 0 Å². The predicted octanol–water partition coefficient (Wildman–Crippen LogP) is 4.35. The van der Waals surface area contributed by atoms with Gasteiger partial charge in [0.15, 0.2) is 4.34 Å². The van der Waals surface area contributed by atoms with Crippen molar-refractivity contribution >= 4 is 33.9 Å². The van der Waals surface area contributed by atoms with Gasteiger partial charge in [-0.25, -0.2) is 0 Å². The second kappa shape index (κ2) is 7.31. The van der Waals surface area contributed by atoms with Crippen LogP contribution in [-0.2, 0) is 0 Å². The molecule has 2 rings (SSSR count). The summed E-state index contributed by atoms with van der Waals surface area (Å²) < 4.78 is 6.51. The molecule has 20 heavy (non-hydrogen) atoms. The van der Waals surface area contributed by atoms with Crippen molar-refractivity contribution in [1.29, 1.82) is 0 Å². The molecule has 0 atom stereocenters. The minimum atomic E-state index is 0.633. The van der Waals surface area contributed by atoms with E-state index in [0.29, 0.717) is 6.61 Å². The van der Waals surface area contributed by atoms with Gasteiger partial charge in [-0.15, -0.1) is 10.2 Å². The minimum Gasteiger partial charge on any atom is -0.492 e. The second-order valence-corrected chi connectivity index (χ2v) is 6.37. The number of thioether (sulfide) groups is 1. The van der Waals surface area contributed by atoms with Crippen LogP contribution in [0.15, 0.2) is 40.8 Å². The highest BCUT2D eigenvalue weighted by atomic mass is 32.2. The Morgan fingerprint density at radius 3 is 2.95 bits per heavy atom. The number of rotatable bonds is 7. The highest BCUT2D eigenvalue weighted by Crippen LogP contribution is 2.31. The minimum absolute atomic E-state index is 0.633. The third-order valence-electron chi connectivity index (χ3n) is 2.28. The van der Waals surface area contributed by atoms with Gasteiger partial charge in [0.2, 0.25) is 5.13 Å². The lowest BCUT2D eigenvalue weighted by molar-refractivity contribution is 0.342. The van der Waals surface area contributed by atoms with Gasteiger partial charge < -0.3 is 10.1 Å². The van der Waals surface area contributed by atoms with E-state index in [0.717, 1.165) is 32.2 Å². The molecule has 1 aromatic carbocycles. The Morgan fingerprint density at radius 2 is 2.20 bits per heavy atom. The van der Waals surface area contributed by atoms with E-state index >= 15 is 0 Å². The van der Waals surface area contributed by atoms with Gasteiger partial charge in [0, 0.05) is 5.75 Å². The summed E-state index contributed by atoms with van der Waals surface area (Å²) in [7, 11) is 0. The summed E-state index contributed by atoms with van der Waals surface area (Å²) in [6.45, 7) is 8.49. The summed E-state index contributed by atoms with van der Waals surface area (Å²) in [5.41, 5.74) is 2.03. The van der Waals surface area contributed by atoms with Crippen LogP contribution in [0.3, 0.4) is 0 Å². The average molecular weight is 307 g/mol. The van der Waals surface area contributed by atoms with Crippen molar-refractivity contribution in [2.75, 3.05) is 17.7 Å². The quantitative estimate of drug-likeness (QED) is 0.608. The molecule has 1 aromatic heterocycles. The summed E-state index contributed by atoms with van der Waals surface area (Å²) in [5, 5.41) is 12.3. The lowest BCUT2D eigenvalue weighted by Gasteiger charge is -2.09. The number of hydrogen-bond donors (Lipinski definition) is 1. The molecule has 106 valence electrons. The molecule has 0 radical (unpaired) electrons. The molecule has 0 unspecified atom stereocenters. The van der Waals surface area contributed by atoms with Gasteiger partial charge in [-0.05, 0) is 26.0 Å². The van der Waals surface area contributed by atoms with E-state index in [1.807, 2.05) is 38.1 Å². The fourth-order valence-electron chi connectivity index (χ4n) is 1.47. The first-order valence-corrected chi connectivity index (χ1v) is 8.08. The Labute approximate surface area is 127 Å². The van der Waals surface area contributed by atoms with E-state index in [1.165, 1.54) is 11.3 Å². The average Bonchev–Trinajstić information content (AvgIpc) is 2.87. The van der Waals surface area contributed by atoms with Crippen LogP contribution in [0.25, 0.3) is 0 Å². The Hall–Kier alpha value is -1.53. The molecule has 6 heteroatoms. The number of aromatic nitrogens is 2. The molecule has 0 aliphatic carbocycles. The molecule has 0 spiro atoms. The normalized spacial score (nSPS) is 10.3. The van der Waals surface area contributed by atoms with E-state index < -0.39 is 0 Å². The van der Waals surface area contributed by atoms with Crippen LogP contribution in [-0.4, -0.2) is 22.6 Å². The molecule has 0 aliphatic heterocycles. The SMILES string of the molecule is C=C(C)CSc1nnc(Nc2ccccc2OCC)s1. The third-order valence-corrected chi connectivity index (χ3v) is 4.48. The van der Waals surface area contributed by atoms with Crippen LogP contribution >= 0.6 is 23.1 Å². The van der Waals surface area contributed by atoms with Crippen molar-refractivity contribution in [3.8, 4) is 5.75 Å². The van der Waals surface area contributed by atoms with Gasteiger partial charge in [-0.1, -0.05) is 47.4 Å². The fourth-order valence-corrected chi connectivity index (χ4v) is 3.08. The standard InChI is InChI=1S/C14H17N3OS2/c1-4-18-12-8-6-5-7-11(12)15-13-16-17-14(20-13)19-9-10(2)3/h5-8H,2,4,9H2,1,3H3,(H,15,16). The molecular formula is C14H17N3OS2. The fraction of sp³-hybridized carbons (Fsp3) is 0.286. The molecule has 0 aliphatic rings. The number of benzene rings is 1. The third kappa shape index (κ3) is 4.25. The summed E-state index contributed by atoms with van der Waals surface area (Å²) in [5.74, 6) is 1.69. The topological polar surface area (TPSA) is 47.0 Å². The van der Waals surface area contributed by atoms with Crippen molar-refractivity contribution in [2.24, 2.45) is 0 Å². The molecule has 2 aromatic rings.